The van der Waals surface area contributed by atoms with Crippen molar-refractivity contribution in [3.63, 3.8) is 0 Å². The molecule has 0 radical (unpaired) electrons. The lowest BCUT2D eigenvalue weighted by atomic mass is 10.0. The van der Waals surface area contributed by atoms with Gasteiger partial charge in [-0.05, 0) is 73.5 Å². The molecule has 0 bridgehead atoms. The van der Waals surface area contributed by atoms with Gasteiger partial charge >= 0.3 is 0 Å². The normalized spacial score (nSPS) is 12.0. The van der Waals surface area contributed by atoms with Gasteiger partial charge < -0.3 is 4.12 Å². The lowest BCUT2D eigenvalue weighted by Crippen LogP contribution is -2.44. The summed E-state index contributed by atoms with van der Waals surface area (Å²) in [6, 6.07) is 21.2. The van der Waals surface area contributed by atoms with E-state index in [0.717, 1.165) is 12.0 Å². The maximum Gasteiger partial charge on any atom is 0.173 e. The predicted molar refractivity (Wildman–Crippen MR) is 121 cm³/mol. The SMILES string of the molecule is CCCC[Si](C)(C)O[Si](C)(C)CCc1ccc(-c2ccc(C#N)cc2)cc1. The largest absolute Gasteiger partial charge is 0.455 e. The molecule has 27 heavy (non-hydrogen) atoms. The highest BCUT2D eigenvalue weighted by atomic mass is 28.4. The Bertz CT molecular complexity index is 758. The van der Waals surface area contributed by atoms with E-state index in [2.05, 4.69) is 63.4 Å². The van der Waals surface area contributed by atoms with E-state index in [1.165, 1.54) is 36.1 Å². The fourth-order valence-electron chi connectivity index (χ4n) is 3.50. The van der Waals surface area contributed by atoms with Crippen LogP contribution in [0.3, 0.4) is 0 Å². The summed E-state index contributed by atoms with van der Waals surface area (Å²) in [6.07, 6.45) is 3.64. The van der Waals surface area contributed by atoms with Gasteiger partial charge in [-0.2, -0.15) is 5.26 Å². The number of nitriles is 1. The third kappa shape index (κ3) is 7.10. The monoisotopic (exact) mass is 395 g/mol. The van der Waals surface area contributed by atoms with Crippen LogP contribution in [0.5, 0.6) is 0 Å². The van der Waals surface area contributed by atoms with Crippen molar-refractivity contribution in [1.82, 2.24) is 0 Å². The second kappa shape index (κ2) is 9.50. The third-order valence-electron chi connectivity index (χ3n) is 5.00. The number of benzene rings is 2. The van der Waals surface area contributed by atoms with Crippen molar-refractivity contribution in [1.29, 1.82) is 5.26 Å². The zero-order chi connectivity index (χ0) is 19.9. The Morgan fingerprint density at radius 1 is 0.815 bits per heavy atom. The molecule has 0 unspecified atom stereocenters. The maximum absolute atomic E-state index is 8.92. The average molecular weight is 396 g/mol. The number of nitrogens with zero attached hydrogens (tertiary/aromatic N) is 1. The molecule has 0 heterocycles. The summed E-state index contributed by atoms with van der Waals surface area (Å²) in [6.45, 7) is 11.8. The summed E-state index contributed by atoms with van der Waals surface area (Å²) >= 11 is 0. The van der Waals surface area contributed by atoms with Gasteiger partial charge in [0.15, 0.2) is 16.6 Å². The quantitative estimate of drug-likeness (QED) is 0.428. The van der Waals surface area contributed by atoms with E-state index in [4.69, 9.17) is 9.38 Å². The minimum absolute atomic E-state index is 0.702. The van der Waals surface area contributed by atoms with Crippen molar-refractivity contribution >= 4 is 16.6 Å². The van der Waals surface area contributed by atoms with Gasteiger partial charge in [-0.3, -0.25) is 0 Å². The van der Waals surface area contributed by atoms with E-state index in [1.807, 2.05) is 24.3 Å². The topological polar surface area (TPSA) is 33.0 Å². The van der Waals surface area contributed by atoms with Gasteiger partial charge in [0.05, 0.1) is 11.6 Å². The predicted octanol–water partition coefficient (Wildman–Crippen LogP) is 6.99. The van der Waals surface area contributed by atoms with E-state index in [9.17, 15) is 0 Å². The van der Waals surface area contributed by atoms with Crippen LogP contribution in [0.15, 0.2) is 48.5 Å². The van der Waals surface area contributed by atoms with Crippen LogP contribution in [0.1, 0.15) is 30.9 Å². The van der Waals surface area contributed by atoms with Gasteiger partial charge in [0.25, 0.3) is 0 Å². The van der Waals surface area contributed by atoms with Crippen LogP contribution in [0.2, 0.25) is 38.3 Å². The zero-order valence-corrected chi connectivity index (χ0v) is 19.5. The standard InChI is InChI=1S/C23H33NOSi2/c1-6-7-17-26(2,3)25-27(4,5)18-16-20-8-12-22(13-9-20)23-14-10-21(19-24)11-15-23/h8-15H,6-7,16-18H2,1-5H3. The highest BCUT2D eigenvalue weighted by Crippen LogP contribution is 2.26. The number of rotatable bonds is 9. The van der Waals surface area contributed by atoms with E-state index in [1.54, 1.807) is 0 Å². The number of aryl methyl sites for hydroxylation is 1. The Hall–Kier alpha value is -1.68. The van der Waals surface area contributed by atoms with Crippen LogP contribution in [-0.2, 0) is 10.5 Å². The van der Waals surface area contributed by atoms with Crippen molar-refractivity contribution in [2.24, 2.45) is 0 Å². The highest BCUT2D eigenvalue weighted by molar-refractivity contribution is 6.84. The number of unbranched alkanes of at least 4 members (excludes halogenated alkanes) is 1. The van der Waals surface area contributed by atoms with Gasteiger partial charge in [0.2, 0.25) is 0 Å². The second-order valence-corrected chi connectivity index (χ2v) is 17.5. The fourth-order valence-corrected chi connectivity index (χ4v) is 12.4. The Morgan fingerprint density at radius 2 is 1.33 bits per heavy atom. The smallest absolute Gasteiger partial charge is 0.173 e. The molecule has 0 aromatic heterocycles. The van der Waals surface area contributed by atoms with Gasteiger partial charge in [0.1, 0.15) is 0 Å². The third-order valence-corrected chi connectivity index (χ3v) is 12.4. The molecule has 0 aliphatic rings. The first-order chi connectivity index (χ1) is 12.7. The van der Waals surface area contributed by atoms with Gasteiger partial charge in [0, 0.05) is 0 Å². The zero-order valence-electron chi connectivity index (χ0n) is 17.5. The van der Waals surface area contributed by atoms with Crippen LogP contribution < -0.4 is 0 Å². The molecular formula is C23H33NOSi2. The summed E-state index contributed by atoms with van der Waals surface area (Å²) in [5.41, 5.74) is 4.43. The van der Waals surface area contributed by atoms with Crippen LogP contribution >= 0.6 is 0 Å². The van der Waals surface area contributed by atoms with Gasteiger partial charge in [-0.1, -0.05) is 56.2 Å². The van der Waals surface area contributed by atoms with Crippen molar-refractivity contribution in [2.45, 2.75) is 64.5 Å². The Kier molecular flexibility index (Phi) is 7.61. The molecule has 0 aliphatic heterocycles. The lowest BCUT2D eigenvalue weighted by molar-refractivity contribution is 0.532. The van der Waals surface area contributed by atoms with Crippen molar-refractivity contribution in [3.8, 4) is 17.2 Å². The first-order valence-electron chi connectivity index (χ1n) is 10.0. The Balaban J connectivity index is 1.94. The summed E-state index contributed by atoms with van der Waals surface area (Å²) < 4.78 is 6.72. The molecule has 0 aliphatic carbocycles. The molecule has 0 saturated heterocycles. The maximum atomic E-state index is 8.92. The van der Waals surface area contributed by atoms with E-state index < -0.39 is 16.6 Å². The lowest BCUT2D eigenvalue weighted by Gasteiger charge is -2.34. The number of hydrogen-bond donors (Lipinski definition) is 0. The summed E-state index contributed by atoms with van der Waals surface area (Å²) in [4.78, 5) is 0. The summed E-state index contributed by atoms with van der Waals surface area (Å²) in [5, 5.41) is 8.92. The van der Waals surface area contributed by atoms with Crippen LogP contribution in [0.4, 0.5) is 0 Å². The average Bonchev–Trinajstić information content (AvgIpc) is 2.64. The molecule has 2 aromatic carbocycles. The van der Waals surface area contributed by atoms with Crippen molar-refractivity contribution in [2.75, 3.05) is 0 Å². The molecule has 2 aromatic rings. The first kappa shape index (κ1) is 21.6. The van der Waals surface area contributed by atoms with Gasteiger partial charge in [-0.25, -0.2) is 0 Å². The van der Waals surface area contributed by atoms with Crippen LogP contribution in [0, 0.1) is 11.3 Å². The van der Waals surface area contributed by atoms with Crippen LogP contribution in [-0.4, -0.2) is 16.6 Å². The van der Waals surface area contributed by atoms with E-state index in [-0.39, 0.29) is 0 Å². The van der Waals surface area contributed by atoms with E-state index >= 15 is 0 Å². The molecule has 0 fully saturated rings. The number of hydrogen-bond acceptors (Lipinski definition) is 2. The molecule has 2 rings (SSSR count). The van der Waals surface area contributed by atoms with Crippen LogP contribution in [0.25, 0.3) is 11.1 Å². The van der Waals surface area contributed by atoms with E-state index in [0.29, 0.717) is 5.56 Å². The molecule has 0 amide bonds. The summed E-state index contributed by atoms with van der Waals surface area (Å²) in [5.74, 6) is 0. The van der Waals surface area contributed by atoms with Gasteiger partial charge in [-0.15, -0.1) is 0 Å². The van der Waals surface area contributed by atoms with Crippen molar-refractivity contribution < 1.29 is 4.12 Å². The Labute approximate surface area is 167 Å². The highest BCUT2D eigenvalue weighted by Gasteiger charge is 2.32. The molecule has 0 saturated carbocycles. The first-order valence-corrected chi connectivity index (χ1v) is 16.3. The minimum Gasteiger partial charge on any atom is -0.455 e. The molecule has 144 valence electrons. The molecule has 0 N–H and O–H groups in total. The molecule has 0 spiro atoms. The summed E-state index contributed by atoms with van der Waals surface area (Å²) in [7, 11) is -3.15. The molecular weight excluding hydrogens is 362 g/mol. The molecule has 2 nitrogen and oxygen atoms in total. The fraction of sp³-hybridized carbons (Fsp3) is 0.435. The minimum atomic E-state index is -1.63. The molecule has 4 heteroatoms. The Morgan fingerprint density at radius 3 is 1.85 bits per heavy atom. The van der Waals surface area contributed by atoms with Crippen molar-refractivity contribution in [3.05, 3.63) is 59.7 Å². The second-order valence-electron chi connectivity index (χ2n) is 8.61. The molecule has 0 atom stereocenters.